The number of hydrogen-bond donors (Lipinski definition) is 1. The van der Waals surface area contributed by atoms with E-state index in [1.165, 1.54) is 13.2 Å². The Labute approximate surface area is 142 Å². The highest BCUT2D eigenvalue weighted by atomic mass is 35.5. The lowest BCUT2D eigenvalue weighted by Gasteiger charge is -2.42. The predicted molar refractivity (Wildman–Crippen MR) is 88.5 cm³/mol. The predicted octanol–water partition coefficient (Wildman–Crippen LogP) is 3.10. The Balaban J connectivity index is 2.08. The molecule has 0 saturated carbocycles. The molecule has 1 aromatic carbocycles. The molecule has 1 aliphatic heterocycles. The van der Waals surface area contributed by atoms with E-state index in [9.17, 15) is 9.50 Å². The van der Waals surface area contributed by atoms with Gasteiger partial charge in [-0.25, -0.2) is 4.39 Å². The Bertz CT molecular complexity index is 506. The highest BCUT2D eigenvalue weighted by molar-refractivity contribution is 6.32. The van der Waals surface area contributed by atoms with Gasteiger partial charge >= 0.3 is 0 Å². The summed E-state index contributed by atoms with van der Waals surface area (Å²) in [5.74, 6) is -0.362. The van der Waals surface area contributed by atoms with Crippen molar-refractivity contribution in [3.63, 3.8) is 0 Å². The monoisotopic (exact) mass is 345 g/mol. The van der Waals surface area contributed by atoms with Gasteiger partial charge in [-0.1, -0.05) is 11.6 Å². The number of aliphatic hydroxyl groups is 1. The molecule has 4 nitrogen and oxygen atoms in total. The van der Waals surface area contributed by atoms with Gasteiger partial charge in [0.25, 0.3) is 0 Å². The van der Waals surface area contributed by atoms with Crippen LogP contribution >= 0.6 is 11.6 Å². The number of rotatable bonds is 7. The minimum Gasteiger partial charge on any atom is -0.492 e. The Hall–Kier alpha value is -0.880. The number of nitrogens with zero attached hydrogens (tertiary/aromatic N) is 1. The summed E-state index contributed by atoms with van der Waals surface area (Å²) < 4.78 is 24.1. The molecule has 0 unspecified atom stereocenters. The van der Waals surface area contributed by atoms with Crippen molar-refractivity contribution in [2.45, 2.75) is 25.8 Å². The zero-order valence-corrected chi connectivity index (χ0v) is 14.5. The fourth-order valence-electron chi connectivity index (χ4n) is 3.33. The van der Waals surface area contributed by atoms with Crippen LogP contribution in [0.2, 0.25) is 5.02 Å². The maximum atomic E-state index is 14.0. The Kier molecular flexibility index (Phi) is 6.65. The SMILES string of the molecule is COCC[C@@]1(CO)CCCN(Cc2cc(F)c(OC)c(Cl)c2)C1. The summed E-state index contributed by atoms with van der Waals surface area (Å²) in [6.45, 7) is 3.09. The van der Waals surface area contributed by atoms with E-state index in [1.54, 1.807) is 13.2 Å². The summed E-state index contributed by atoms with van der Waals surface area (Å²) >= 11 is 6.06. The summed E-state index contributed by atoms with van der Waals surface area (Å²) in [6, 6.07) is 3.21. The maximum Gasteiger partial charge on any atom is 0.173 e. The van der Waals surface area contributed by atoms with Gasteiger partial charge < -0.3 is 14.6 Å². The van der Waals surface area contributed by atoms with Gasteiger partial charge in [0.15, 0.2) is 11.6 Å². The van der Waals surface area contributed by atoms with Crippen LogP contribution in [-0.4, -0.2) is 50.5 Å². The Morgan fingerprint density at radius 2 is 2.17 bits per heavy atom. The number of halogens is 2. The molecule has 1 N–H and O–H groups in total. The first-order valence-corrected chi connectivity index (χ1v) is 8.25. The first-order valence-electron chi connectivity index (χ1n) is 7.87. The van der Waals surface area contributed by atoms with E-state index in [4.69, 9.17) is 21.1 Å². The third-order valence-electron chi connectivity index (χ3n) is 4.58. The molecule has 6 heteroatoms. The van der Waals surface area contributed by atoms with Crippen molar-refractivity contribution in [3.05, 3.63) is 28.5 Å². The van der Waals surface area contributed by atoms with Crippen LogP contribution in [-0.2, 0) is 11.3 Å². The zero-order chi connectivity index (χ0) is 16.9. The third kappa shape index (κ3) is 4.57. The van der Waals surface area contributed by atoms with Gasteiger partial charge in [-0.3, -0.25) is 4.90 Å². The molecule has 1 saturated heterocycles. The topological polar surface area (TPSA) is 41.9 Å². The second-order valence-electron chi connectivity index (χ2n) is 6.31. The first-order chi connectivity index (χ1) is 11.0. The van der Waals surface area contributed by atoms with E-state index in [0.29, 0.717) is 13.2 Å². The standard InChI is InChI=1S/C17H25ClFNO3/c1-22-7-5-17(12-21)4-3-6-20(11-17)10-13-8-14(18)16(23-2)15(19)9-13/h8-9,21H,3-7,10-12H2,1-2H3/t17-/m0/s1. The minimum atomic E-state index is -0.445. The van der Waals surface area contributed by atoms with Gasteiger partial charge in [-0.05, 0) is 43.5 Å². The number of benzene rings is 1. The summed E-state index contributed by atoms with van der Waals surface area (Å²) in [5.41, 5.74) is 0.678. The summed E-state index contributed by atoms with van der Waals surface area (Å²) in [6.07, 6.45) is 2.83. The zero-order valence-electron chi connectivity index (χ0n) is 13.8. The molecule has 23 heavy (non-hydrogen) atoms. The van der Waals surface area contributed by atoms with E-state index in [2.05, 4.69) is 4.90 Å². The fourth-order valence-corrected chi connectivity index (χ4v) is 3.64. The van der Waals surface area contributed by atoms with Crippen LogP contribution in [0.25, 0.3) is 0 Å². The lowest BCUT2D eigenvalue weighted by atomic mass is 9.78. The van der Waals surface area contributed by atoms with Crippen LogP contribution in [0.1, 0.15) is 24.8 Å². The summed E-state index contributed by atoms with van der Waals surface area (Å²) in [4.78, 5) is 2.24. The number of aliphatic hydroxyl groups excluding tert-OH is 1. The van der Waals surface area contributed by atoms with Crippen molar-refractivity contribution >= 4 is 11.6 Å². The van der Waals surface area contributed by atoms with Gasteiger partial charge in [-0.2, -0.15) is 0 Å². The quantitative estimate of drug-likeness (QED) is 0.824. The van der Waals surface area contributed by atoms with Crippen molar-refractivity contribution in [1.82, 2.24) is 4.90 Å². The van der Waals surface area contributed by atoms with Crippen molar-refractivity contribution in [2.24, 2.45) is 5.41 Å². The smallest absolute Gasteiger partial charge is 0.173 e. The molecule has 1 aromatic rings. The third-order valence-corrected chi connectivity index (χ3v) is 4.86. The van der Waals surface area contributed by atoms with Gasteiger partial charge in [0.05, 0.1) is 18.7 Å². The highest BCUT2D eigenvalue weighted by Crippen LogP contribution is 2.35. The Morgan fingerprint density at radius 1 is 1.39 bits per heavy atom. The number of piperidine rings is 1. The second-order valence-corrected chi connectivity index (χ2v) is 6.72. The van der Waals surface area contributed by atoms with Crippen molar-refractivity contribution in [1.29, 1.82) is 0 Å². The number of likely N-dealkylation sites (tertiary alicyclic amines) is 1. The molecule has 0 amide bonds. The number of hydrogen-bond acceptors (Lipinski definition) is 4. The van der Waals surface area contributed by atoms with Crippen LogP contribution in [0.3, 0.4) is 0 Å². The second kappa shape index (κ2) is 8.29. The molecule has 2 rings (SSSR count). The summed E-state index contributed by atoms with van der Waals surface area (Å²) in [7, 11) is 3.08. The molecular formula is C17H25ClFNO3. The lowest BCUT2D eigenvalue weighted by molar-refractivity contribution is 0.00473. The van der Waals surface area contributed by atoms with E-state index < -0.39 is 5.82 Å². The molecule has 0 aromatic heterocycles. The van der Waals surface area contributed by atoms with Crippen LogP contribution in [0.4, 0.5) is 4.39 Å². The first kappa shape index (κ1) is 18.5. The van der Waals surface area contributed by atoms with Crippen molar-refractivity contribution < 1.29 is 19.0 Å². The van der Waals surface area contributed by atoms with Gasteiger partial charge in [0.2, 0.25) is 0 Å². The largest absolute Gasteiger partial charge is 0.492 e. The van der Waals surface area contributed by atoms with Gasteiger partial charge in [-0.15, -0.1) is 0 Å². The molecule has 1 fully saturated rings. The van der Waals surface area contributed by atoms with E-state index in [-0.39, 0.29) is 22.8 Å². The number of ether oxygens (including phenoxy) is 2. The van der Waals surface area contributed by atoms with Crippen molar-refractivity contribution in [2.75, 3.05) is 40.5 Å². The van der Waals surface area contributed by atoms with Crippen LogP contribution in [0.5, 0.6) is 5.75 Å². The molecular weight excluding hydrogens is 321 g/mol. The van der Waals surface area contributed by atoms with Crippen LogP contribution < -0.4 is 4.74 Å². The fraction of sp³-hybridized carbons (Fsp3) is 0.647. The maximum absolute atomic E-state index is 14.0. The highest BCUT2D eigenvalue weighted by Gasteiger charge is 2.34. The molecule has 1 aliphatic rings. The Morgan fingerprint density at radius 3 is 2.78 bits per heavy atom. The molecule has 0 radical (unpaired) electrons. The van der Waals surface area contributed by atoms with E-state index >= 15 is 0 Å². The molecule has 1 heterocycles. The molecule has 1 atom stereocenters. The summed E-state index contributed by atoms with van der Waals surface area (Å²) in [5, 5.41) is 10.1. The molecule has 130 valence electrons. The van der Waals surface area contributed by atoms with Gasteiger partial charge in [0.1, 0.15) is 0 Å². The van der Waals surface area contributed by atoms with Gasteiger partial charge in [0, 0.05) is 32.2 Å². The van der Waals surface area contributed by atoms with Crippen LogP contribution in [0.15, 0.2) is 12.1 Å². The molecule has 0 bridgehead atoms. The van der Waals surface area contributed by atoms with Crippen LogP contribution in [0, 0.1) is 11.2 Å². The van der Waals surface area contributed by atoms with E-state index in [1.807, 2.05) is 0 Å². The lowest BCUT2D eigenvalue weighted by Crippen LogP contribution is -2.45. The van der Waals surface area contributed by atoms with E-state index in [0.717, 1.165) is 37.9 Å². The average molecular weight is 346 g/mol. The molecule has 0 aliphatic carbocycles. The number of methoxy groups -OCH3 is 2. The van der Waals surface area contributed by atoms with Crippen molar-refractivity contribution in [3.8, 4) is 5.75 Å². The average Bonchev–Trinajstić information content (AvgIpc) is 2.53. The normalized spacial score (nSPS) is 22.3. The minimum absolute atomic E-state index is 0.0823. The molecule has 0 spiro atoms.